The Hall–Kier alpha value is -1.00. The van der Waals surface area contributed by atoms with Gasteiger partial charge in [0.1, 0.15) is 11.6 Å². The molecule has 1 aromatic rings. The third-order valence-corrected chi connectivity index (χ3v) is 2.84. The summed E-state index contributed by atoms with van der Waals surface area (Å²) in [5.41, 5.74) is 0.582. The van der Waals surface area contributed by atoms with Crippen LogP contribution in [0.2, 0.25) is 0 Å². The Bertz CT molecular complexity index is 337. The topological polar surface area (TPSA) is 32.3 Å². The molecule has 2 unspecified atom stereocenters. The fourth-order valence-electron chi connectivity index (χ4n) is 1.84. The summed E-state index contributed by atoms with van der Waals surface area (Å²) in [5.74, 6) is -1.13. The van der Waals surface area contributed by atoms with Gasteiger partial charge in [-0.05, 0) is 37.5 Å². The average molecular weight is 243 g/mol. The average Bonchev–Trinajstić information content (AvgIpc) is 2.27. The molecule has 0 aromatic heterocycles. The zero-order chi connectivity index (χ0) is 12.8. The van der Waals surface area contributed by atoms with Crippen LogP contribution < -0.4 is 5.32 Å². The lowest BCUT2D eigenvalue weighted by Gasteiger charge is -2.22. The van der Waals surface area contributed by atoms with Crippen LogP contribution in [0.1, 0.15) is 38.3 Å². The van der Waals surface area contributed by atoms with Crippen molar-refractivity contribution >= 4 is 0 Å². The van der Waals surface area contributed by atoms with Gasteiger partial charge in [0.25, 0.3) is 0 Å². The molecule has 0 saturated carbocycles. The summed E-state index contributed by atoms with van der Waals surface area (Å²) in [6, 6.07) is 3.53. The highest BCUT2D eigenvalue weighted by atomic mass is 19.1. The number of nitrogens with one attached hydrogen (secondary N) is 1. The van der Waals surface area contributed by atoms with Gasteiger partial charge in [-0.15, -0.1) is 0 Å². The first kappa shape index (κ1) is 14.1. The number of aliphatic hydroxyl groups excluding tert-OH is 1. The SMILES string of the molecule is CCC(CCO)NC(C)c1cc(F)cc(F)c1. The van der Waals surface area contributed by atoms with Crippen molar-refractivity contribution in [3.8, 4) is 0 Å². The minimum absolute atomic E-state index is 0.107. The molecule has 0 aliphatic carbocycles. The van der Waals surface area contributed by atoms with Gasteiger partial charge in [-0.1, -0.05) is 6.92 Å². The van der Waals surface area contributed by atoms with Gasteiger partial charge >= 0.3 is 0 Å². The molecule has 0 aliphatic heterocycles. The van der Waals surface area contributed by atoms with Gasteiger partial charge in [-0.25, -0.2) is 8.78 Å². The van der Waals surface area contributed by atoms with E-state index in [-0.39, 0.29) is 18.7 Å². The number of hydrogen-bond donors (Lipinski definition) is 2. The van der Waals surface area contributed by atoms with Gasteiger partial charge < -0.3 is 10.4 Å². The number of hydrogen-bond acceptors (Lipinski definition) is 2. The van der Waals surface area contributed by atoms with Crippen molar-refractivity contribution in [1.82, 2.24) is 5.32 Å². The van der Waals surface area contributed by atoms with Gasteiger partial charge in [0.2, 0.25) is 0 Å². The van der Waals surface area contributed by atoms with Crippen LogP contribution in [0.3, 0.4) is 0 Å². The summed E-state index contributed by atoms with van der Waals surface area (Å²) < 4.78 is 26.1. The molecule has 0 fully saturated rings. The predicted octanol–water partition coefficient (Wildman–Crippen LogP) is 2.78. The van der Waals surface area contributed by atoms with Crippen LogP contribution in [0.25, 0.3) is 0 Å². The maximum Gasteiger partial charge on any atom is 0.126 e. The summed E-state index contributed by atoms with van der Waals surface area (Å²) >= 11 is 0. The van der Waals surface area contributed by atoms with Crippen molar-refractivity contribution in [3.05, 3.63) is 35.4 Å². The van der Waals surface area contributed by atoms with Crippen LogP contribution in [0.4, 0.5) is 8.78 Å². The molecular formula is C13H19F2NO. The second-order valence-electron chi connectivity index (χ2n) is 4.21. The van der Waals surface area contributed by atoms with E-state index in [2.05, 4.69) is 5.32 Å². The van der Waals surface area contributed by atoms with Crippen LogP contribution in [0.15, 0.2) is 18.2 Å². The van der Waals surface area contributed by atoms with Gasteiger partial charge in [0.15, 0.2) is 0 Å². The molecule has 0 aliphatic rings. The first-order valence-corrected chi connectivity index (χ1v) is 5.89. The van der Waals surface area contributed by atoms with Crippen molar-refractivity contribution in [2.75, 3.05) is 6.61 Å². The van der Waals surface area contributed by atoms with Crippen molar-refractivity contribution in [2.24, 2.45) is 0 Å². The van der Waals surface area contributed by atoms with Crippen molar-refractivity contribution in [1.29, 1.82) is 0 Å². The highest BCUT2D eigenvalue weighted by Gasteiger charge is 2.13. The van der Waals surface area contributed by atoms with E-state index in [1.54, 1.807) is 0 Å². The zero-order valence-corrected chi connectivity index (χ0v) is 10.2. The first-order valence-electron chi connectivity index (χ1n) is 5.89. The van der Waals surface area contributed by atoms with Crippen molar-refractivity contribution < 1.29 is 13.9 Å². The normalized spacial score (nSPS) is 14.6. The van der Waals surface area contributed by atoms with E-state index in [9.17, 15) is 8.78 Å². The molecule has 0 amide bonds. The monoisotopic (exact) mass is 243 g/mol. The molecule has 0 radical (unpaired) electrons. The van der Waals surface area contributed by atoms with Gasteiger partial charge in [-0.3, -0.25) is 0 Å². The highest BCUT2D eigenvalue weighted by molar-refractivity contribution is 5.21. The van der Waals surface area contributed by atoms with E-state index < -0.39 is 11.6 Å². The fraction of sp³-hybridized carbons (Fsp3) is 0.538. The standard InChI is InChI=1S/C13H19F2NO/c1-3-13(4-5-17)16-9(2)10-6-11(14)8-12(15)7-10/h6-9,13,16-17H,3-5H2,1-2H3. The second-order valence-corrected chi connectivity index (χ2v) is 4.21. The lowest BCUT2D eigenvalue weighted by molar-refractivity contribution is 0.257. The molecule has 96 valence electrons. The zero-order valence-electron chi connectivity index (χ0n) is 10.2. The smallest absolute Gasteiger partial charge is 0.126 e. The summed E-state index contributed by atoms with van der Waals surface area (Å²) in [5, 5.41) is 12.1. The van der Waals surface area contributed by atoms with Crippen LogP contribution in [-0.4, -0.2) is 17.8 Å². The van der Waals surface area contributed by atoms with Crippen LogP contribution >= 0.6 is 0 Å². The summed E-state index contributed by atoms with van der Waals surface area (Å²) in [6.45, 7) is 3.97. The van der Waals surface area contributed by atoms with Gasteiger partial charge in [0.05, 0.1) is 0 Å². The Morgan fingerprint density at radius 3 is 2.29 bits per heavy atom. The fourth-order valence-corrected chi connectivity index (χ4v) is 1.84. The molecule has 4 heteroatoms. The predicted molar refractivity (Wildman–Crippen MR) is 63.7 cm³/mol. The molecule has 0 spiro atoms. The quantitative estimate of drug-likeness (QED) is 0.805. The molecule has 0 saturated heterocycles. The van der Waals surface area contributed by atoms with Crippen LogP contribution in [0.5, 0.6) is 0 Å². The second kappa shape index (κ2) is 6.67. The molecule has 0 heterocycles. The largest absolute Gasteiger partial charge is 0.396 e. The Labute approximate surface area is 101 Å². The van der Waals surface area contributed by atoms with Crippen LogP contribution in [-0.2, 0) is 0 Å². The summed E-state index contributed by atoms with van der Waals surface area (Å²) in [4.78, 5) is 0. The molecule has 1 aromatic carbocycles. The maximum atomic E-state index is 13.0. The van der Waals surface area contributed by atoms with E-state index in [0.717, 1.165) is 12.5 Å². The minimum atomic E-state index is -0.566. The lowest BCUT2D eigenvalue weighted by Crippen LogP contribution is -2.31. The number of rotatable bonds is 6. The van der Waals surface area contributed by atoms with E-state index in [0.29, 0.717) is 12.0 Å². The Balaban J connectivity index is 2.71. The molecule has 2 nitrogen and oxygen atoms in total. The molecule has 17 heavy (non-hydrogen) atoms. The third-order valence-electron chi connectivity index (χ3n) is 2.84. The van der Waals surface area contributed by atoms with Gasteiger partial charge in [0, 0.05) is 24.8 Å². The minimum Gasteiger partial charge on any atom is -0.396 e. The molecule has 2 N–H and O–H groups in total. The van der Waals surface area contributed by atoms with E-state index >= 15 is 0 Å². The maximum absolute atomic E-state index is 13.0. The van der Waals surface area contributed by atoms with E-state index in [1.807, 2.05) is 13.8 Å². The van der Waals surface area contributed by atoms with Crippen molar-refractivity contribution in [3.63, 3.8) is 0 Å². The summed E-state index contributed by atoms with van der Waals surface area (Å²) in [7, 11) is 0. The van der Waals surface area contributed by atoms with Crippen molar-refractivity contribution in [2.45, 2.75) is 38.8 Å². The number of halogens is 2. The molecule has 1 rings (SSSR count). The van der Waals surface area contributed by atoms with E-state index in [4.69, 9.17) is 5.11 Å². The Kier molecular flexibility index (Phi) is 5.51. The summed E-state index contributed by atoms with van der Waals surface area (Å²) in [6.07, 6.45) is 1.50. The molecule has 2 atom stereocenters. The lowest BCUT2D eigenvalue weighted by atomic mass is 10.0. The van der Waals surface area contributed by atoms with E-state index in [1.165, 1.54) is 12.1 Å². The Morgan fingerprint density at radius 2 is 1.82 bits per heavy atom. The third kappa shape index (κ3) is 4.40. The molecular weight excluding hydrogens is 224 g/mol. The number of benzene rings is 1. The van der Waals surface area contributed by atoms with Crippen LogP contribution in [0, 0.1) is 11.6 Å². The van der Waals surface area contributed by atoms with Gasteiger partial charge in [-0.2, -0.15) is 0 Å². The highest BCUT2D eigenvalue weighted by Crippen LogP contribution is 2.17. The Morgan fingerprint density at radius 1 is 1.24 bits per heavy atom. The number of aliphatic hydroxyl groups is 1. The molecule has 0 bridgehead atoms. The first-order chi connectivity index (χ1) is 8.06.